The molecule has 1 heterocycles. The van der Waals surface area contributed by atoms with Crippen molar-refractivity contribution in [1.82, 2.24) is 5.32 Å². The van der Waals surface area contributed by atoms with Crippen LogP contribution < -0.4 is 10.6 Å². The molecular formula is C16H22N2O. The van der Waals surface area contributed by atoms with Crippen molar-refractivity contribution in [2.24, 2.45) is 0 Å². The van der Waals surface area contributed by atoms with Crippen LogP contribution in [0.4, 0.5) is 5.69 Å². The van der Waals surface area contributed by atoms with E-state index >= 15 is 0 Å². The standard InChI is InChI=1S/C16H22N2O/c1-11(18-14-4-2-3-5-14)16(19)13-6-7-15-12(10-13)8-9-17-15/h6-7,10-11,14,17-18H,2-5,8-9H2,1H3. The van der Waals surface area contributed by atoms with Crippen molar-refractivity contribution >= 4 is 11.5 Å². The average Bonchev–Trinajstić information content (AvgIpc) is 3.07. The highest BCUT2D eigenvalue weighted by atomic mass is 16.1. The van der Waals surface area contributed by atoms with E-state index < -0.39 is 0 Å². The van der Waals surface area contributed by atoms with Crippen molar-refractivity contribution in [3.63, 3.8) is 0 Å². The van der Waals surface area contributed by atoms with Gasteiger partial charge in [-0.1, -0.05) is 12.8 Å². The summed E-state index contributed by atoms with van der Waals surface area (Å²) in [5.41, 5.74) is 3.31. The molecule has 1 aromatic rings. The van der Waals surface area contributed by atoms with Crippen LogP contribution >= 0.6 is 0 Å². The van der Waals surface area contributed by atoms with Crippen molar-refractivity contribution in [3.05, 3.63) is 29.3 Å². The van der Waals surface area contributed by atoms with Gasteiger partial charge in [0.1, 0.15) is 0 Å². The summed E-state index contributed by atoms with van der Waals surface area (Å²) < 4.78 is 0. The van der Waals surface area contributed by atoms with Crippen LogP contribution in [0.15, 0.2) is 18.2 Å². The first kappa shape index (κ1) is 12.7. The molecule has 0 aromatic heterocycles. The van der Waals surface area contributed by atoms with E-state index in [2.05, 4.69) is 16.7 Å². The number of benzene rings is 1. The zero-order valence-electron chi connectivity index (χ0n) is 11.5. The van der Waals surface area contributed by atoms with Crippen molar-refractivity contribution in [2.75, 3.05) is 11.9 Å². The smallest absolute Gasteiger partial charge is 0.179 e. The highest BCUT2D eigenvalue weighted by Crippen LogP contribution is 2.24. The Kier molecular flexibility index (Phi) is 3.56. The van der Waals surface area contributed by atoms with Crippen LogP contribution in [0.3, 0.4) is 0 Å². The summed E-state index contributed by atoms with van der Waals surface area (Å²) in [7, 11) is 0. The van der Waals surface area contributed by atoms with Gasteiger partial charge in [0.05, 0.1) is 6.04 Å². The molecule has 1 aromatic carbocycles. The second-order valence-corrected chi connectivity index (χ2v) is 5.78. The number of Topliss-reactive ketones (excluding diaryl/α,β-unsaturated/α-hetero) is 1. The number of anilines is 1. The molecule has 1 aliphatic carbocycles. The van der Waals surface area contributed by atoms with Gasteiger partial charge in [-0.3, -0.25) is 4.79 Å². The molecule has 1 unspecified atom stereocenters. The predicted molar refractivity (Wildman–Crippen MR) is 77.8 cm³/mol. The van der Waals surface area contributed by atoms with Gasteiger partial charge >= 0.3 is 0 Å². The Morgan fingerprint density at radius 3 is 2.95 bits per heavy atom. The highest BCUT2D eigenvalue weighted by Gasteiger charge is 2.22. The summed E-state index contributed by atoms with van der Waals surface area (Å²) in [5.74, 6) is 0.224. The van der Waals surface area contributed by atoms with Crippen LogP contribution in [-0.2, 0) is 6.42 Å². The molecule has 1 saturated carbocycles. The topological polar surface area (TPSA) is 41.1 Å². The lowest BCUT2D eigenvalue weighted by Crippen LogP contribution is -2.40. The molecular weight excluding hydrogens is 236 g/mol. The molecule has 0 radical (unpaired) electrons. The maximum absolute atomic E-state index is 12.4. The molecule has 2 N–H and O–H groups in total. The van der Waals surface area contributed by atoms with Gasteiger partial charge in [0, 0.05) is 23.8 Å². The minimum atomic E-state index is -0.0736. The first-order valence-electron chi connectivity index (χ1n) is 7.41. The second kappa shape index (κ2) is 5.33. The molecule has 0 bridgehead atoms. The van der Waals surface area contributed by atoms with E-state index in [0.29, 0.717) is 6.04 Å². The monoisotopic (exact) mass is 258 g/mol. The first-order valence-corrected chi connectivity index (χ1v) is 7.41. The molecule has 3 nitrogen and oxygen atoms in total. The average molecular weight is 258 g/mol. The molecule has 1 aliphatic heterocycles. The Morgan fingerprint density at radius 2 is 2.16 bits per heavy atom. The SMILES string of the molecule is CC(NC1CCCC1)C(=O)c1ccc2c(c1)CCN2. The Bertz CT molecular complexity index is 478. The van der Waals surface area contributed by atoms with Gasteiger partial charge in [-0.2, -0.15) is 0 Å². The predicted octanol–water partition coefficient (Wildman–Crippen LogP) is 2.76. The third-order valence-electron chi connectivity index (χ3n) is 4.33. The van der Waals surface area contributed by atoms with Crippen LogP contribution in [0.5, 0.6) is 0 Å². The van der Waals surface area contributed by atoms with Crippen molar-refractivity contribution in [3.8, 4) is 0 Å². The van der Waals surface area contributed by atoms with Crippen LogP contribution in [0.1, 0.15) is 48.5 Å². The zero-order valence-corrected chi connectivity index (χ0v) is 11.5. The highest BCUT2D eigenvalue weighted by molar-refractivity contribution is 6.00. The molecule has 102 valence electrons. The number of rotatable bonds is 4. The molecule has 0 saturated heterocycles. The lowest BCUT2D eigenvalue weighted by atomic mass is 10.0. The van der Waals surface area contributed by atoms with E-state index in [1.165, 1.54) is 36.9 Å². The summed E-state index contributed by atoms with van der Waals surface area (Å²) in [6.45, 7) is 2.98. The van der Waals surface area contributed by atoms with E-state index in [-0.39, 0.29) is 11.8 Å². The maximum Gasteiger partial charge on any atom is 0.179 e. The van der Waals surface area contributed by atoms with Crippen molar-refractivity contribution < 1.29 is 4.79 Å². The summed E-state index contributed by atoms with van der Waals surface area (Å²) in [5, 5.41) is 6.81. The van der Waals surface area contributed by atoms with Gasteiger partial charge in [0.15, 0.2) is 5.78 Å². The normalized spacial score (nSPS) is 20.1. The number of fused-ring (bicyclic) bond motifs is 1. The minimum absolute atomic E-state index is 0.0736. The van der Waals surface area contributed by atoms with Gasteiger partial charge < -0.3 is 10.6 Å². The van der Waals surface area contributed by atoms with Gasteiger partial charge in [0.2, 0.25) is 0 Å². The number of carbonyl (C=O) groups excluding carboxylic acids is 1. The van der Waals surface area contributed by atoms with Crippen LogP contribution in [0.2, 0.25) is 0 Å². The summed E-state index contributed by atoms with van der Waals surface area (Å²) >= 11 is 0. The first-order chi connectivity index (χ1) is 9.24. The molecule has 1 atom stereocenters. The Morgan fingerprint density at radius 1 is 1.37 bits per heavy atom. The van der Waals surface area contributed by atoms with Gasteiger partial charge in [0.25, 0.3) is 0 Å². The number of ketones is 1. The largest absolute Gasteiger partial charge is 0.384 e. The van der Waals surface area contributed by atoms with E-state index in [9.17, 15) is 4.79 Å². The Hall–Kier alpha value is -1.35. The zero-order chi connectivity index (χ0) is 13.2. The fourth-order valence-corrected chi connectivity index (χ4v) is 3.23. The van der Waals surface area contributed by atoms with E-state index in [4.69, 9.17) is 0 Å². The lowest BCUT2D eigenvalue weighted by Gasteiger charge is -2.18. The number of hydrogen-bond donors (Lipinski definition) is 2. The van der Waals surface area contributed by atoms with Crippen molar-refractivity contribution in [2.45, 2.75) is 51.1 Å². The summed E-state index contributed by atoms with van der Waals surface area (Å²) in [6.07, 6.45) is 6.05. The lowest BCUT2D eigenvalue weighted by molar-refractivity contribution is 0.0944. The van der Waals surface area contributed by atoms with E-state index in [1.54, 1.807) is 0 Å². The quantitative estimate of drug-likeness (QED) is 0.816. The van der Waals surface area contributed by atoms with Crippen LogP contribution in [-0.4, -0.2) is 24.4 Å². The molecule has 1 fully saturated rings. The van der Waals surface area contributed by atoms with Gasteiger partial charge in [-0.25, -0.2) is 0 Å². The maximum atomic E-state index is 12.4. The molecule has 3 heteroatoms. The summed E-state index contributed by atoms with van der Waals surface area (Å²) in [6, 6.07) is 6.51. The Labute approximate surface area is 114 Å². The third-order valence-corrected chi connectivity index (χ3v) is 4.33. The van der Waals surface area contributed by atoms with Crippen LogP contribution in [0, 0.1) is 0 Å². The van der Waals surface area contributed by atoms with Gasteiger partial charge in [-0.05, 0) is 49.9 Å². The Balaban J connectivity index is 1.68. The molecule has 19 heavy (non-hydrogen) atoms. The van der Waals surface area contributed by atoms with E-state index in [1.807, 2.05) is 19.1 Å². The fraction of sp³-hybridized carbons (Fsp3) is 0.562. The second-order valence-electron chi connectivity index (χ2n) is 5.78. The van der Waals surface area contributed by atoms with E-state index in [0.717, 1.165) is 18.5 Å². The molecule has 2 aliphatic rings. The number of hydrogen-bond acceptors (Lipinski definition) is 3. The molecule has 3 rings (SSSR count). The summed E-state index contributed by atoms with van der Waals surface area (Å²) in [4.78, 5) is 12.4. The number of carbonyl (C=O) groups is 1. The third kappa shape index (κ3) is 2.66. The number of nitrogens with one attached hydrogen (secondary N) is 2. The van der Waals surface area contributed by atoms with Gasteiger partial charge in [-0.15, -0.1) is 0 Å². The van der Waals surface area contributed by atoms with Crippen molar-refractivity contribution in [1.29, 1.82) is 0 Å². The van der Waals surface area contributed by atoms with Crippen LogP contribution in [0.25, 0.3) is 0 Å². The molecule has 0 amide bonds. The minimum Gasteiger partial charge on any atom is -0.384 e. The molecule has 0 spiro atoms. The fourth-order valence-electron chi connectivity index (χ4n) is 3.23.